The van der Waals surface area contributed by atoms with E-state index in [4.69, 9.17) is 24.3 Å². The molecule has 0 aromatic carbocycles. The second-order valence-electron chi connectivity index (χ2n) is 14.2. The number of hydrogen-bond donors (Lipinski definition) is 2. The molecular weight excluding hydrogens is 713 g/mol. The van der Waals surface area contributed by atoms with Gasteiger partial charge in [0, 0.05) is 19.4 Å². The normalized spacial score (nSPS) is 13.9. The van der Waals surface area contributed by atoms with E-state index < -0.39 is 32.5 Å². The van der Waals surface area contributed by atoms with Gasteiger partial charge >= 0.3 is 19.8 Å². The van der Waals surface area contributed by atoms with Crippen molar-refractivity contribution in [2.75, 3.05) is 26.4 Å². The molecule has 318 valence electrons. The monoisotopic (exact) mass is 794 g/mol. The molecule has 0 bridgehead atoms. The number of rotatable bonds is 40. The number of ether oxygens (including phenoxy) is 2. The van der Waals surface area contributed by atoms with E-state index >= 15 is 0 Å². The fourth-order valence-corrected chi connectivity index (χ4v) is 6.38. The topological polar surface area (TPSA) is 134 Å². The first-order chi connectivity index (χ1) is 26.8. The number of nitrogens with two attached hydrogens (primary N) is 1. The van der Waals surface area contributed by atoms with E-state index in [0.717, 1.165) is 64.2 Å². The summed E-state index contributed by atoms with van der Waals surface area (Å²) in [6.07, 6.45) is 48.2. The van der Waals surface area contributed by atoms with Crippen LogP contribution < -0.4 is 5.73 Å². The Hall–Kier alpha value is -2.29. The highest BCUT2D eigenvalue weighted by molar-refractivity contribution is 7.47. The van der Waals surface area contributed by atoms with Gasteiger partial charge < -0.3 is 20.1 Å². The summed E-state index contributed by atoms with van der Waals surface area (Å²) in [5, 5.41) is 0. The van der Waals surface area contributed by atoms with Crippen LogP contribution in [0.25, 0.3) is 0 Å². The molecule has 0 fully saturated rings. The summed E-state index contributed by atoms with van der Waals surface area (Å²) in [6, 6.07) is 0. The average Bonchev–Trinajstić information content (AvgIpc) is 3.17. The molecule has 0 radical (unpaired) electrons. The van der Waals surface area contributed by atoms with Crippen molar-refractivity contribution in [2.45, 2.75) is 187 Å². The van der Waals surface area contributed by atoms with Gasteiger partial charge in [-0.1, -0.05) is 145 Å². The van der Waals surface area contributed by atoms with E-state index in [1.807, 2.05) is 0 Å². The van der Waals surface area contributed by atoms with Crippen LogP contribution in [0, 0.1) is 0 Å². The predicted molar refractivity (Wildman–Crippen MR) is 229 cm³/mol. The summed E-state index contributed by atoms with van der Waals surface area (Å²) >= 11 is 0. The molecule has 0 aromatic rings. The Morgan fingerprint density at radius 2 is 0.945 bits per heavy atom. The van der Waals surface area contributed by atoms with Crippen LogP contribution in [0.5, 0.6) is 0 Å². The van der Waals surface area contributed by atoms with Crippen molar-refractivity contribution >= 4 is 19.8 Å². The van der Waals surface area contributed by atoms with Gasteiger partial charge in [0.05, 0.1) is 13.2 Å². The maximum atomic E-state index is 12.6. The minimum absolute atomic E-state index is 0.0451. The molecule has 3 N–H and O–H groups in total. The van der Waals surface area contributed by atoms with Gasteiger partial charge in [0.2, 0.25) is 0 Å². The fraction of sp³-hybridized carbons (Fsp3) is 0.733. The molecule has 0 heterocycles. The number of unbranched alkanes of at least 4 members (excludes halogenated alkanes) is 17. The van der Waals surface area contributed by atoms with Crippen LogP contribution in [0.1, 0.15) is 181 Å². The molecule has 0 amide bonds. The predicted octanol–water partition coefficient (Wildman–Crippen LogP) is 12.5. The van der Waals surface area contributed by atoms with Gasteiger partial charge in [-0.05, 0) is 83.5 Å². The molecule has 55 heavy (non-hydrogen) atoms. The van der Waals surface area contributed by atoms with Gasteiger partial charge in [-0.2, -0.15) is 0 Å². The highest BCUT2D eigenvalue weighted by Crippen LogP contribution is 2.43. The smallest absolute Gasteiger partial charge is 0.462 e. The lowest BCUT2D eigenvalue weighted by molar-refractivity contribution is -0.161. The number of carbonyl (C=O) groups excluding carboxylic acids is 2. The summed E-state index contributed by atoms with van der Waals surface area (Å²) in [6.45, 7) is 3.62. The Labute approximate surface area is 336 Å². The van der Waals surface area contributed by atoms with Crippen LogP contribution in [0.4, 0.5) is 0 Å². The Morgan fingerprint density at radius 1 is 0.545 bits per heavy atom. The maximum absolute atomic E-state index is 12.6. The lowest BCUT2D eigenvalue weighted by Gasteiger charge is -2.19. The quantitative estimate of drug-likeness (QED) is 0.0269. The van der Waals surface area contributed by atoms with Crippen molar-refractivity contribution in [1.29, 1.82) is 0 Å². The first-order valence-corrected chi connectivity index (χ1v) is 23.3. The minimum atomic E-state index is -4.39. The largest absolute Gasteiger partial charge is 0.472 e. The second kappa shape index (κ2) is 41.3. The third-order valence-corrected chi connectivity index (χ3v) is 9.86. The van der Waals surface area contributed by atoms with Crippen molar-refractivity contribution < 1.29 is 37.6 Å². The Morgan fingerprint density at radius 3 is 1.44 bits per heavy atom. The molecule has 0 aliphatic carbocycles. The molecule has 1 unspecified atom stereocenters. The van der Waals surface area contributed by atoms with E-state index in [0.29, 0.717) is 12.8 Å². The summed E-state index contributed by atoms with van der Waals surface area (Å²) in [5.74, 6) is -0.881. The van der Waals surface area contributed by atoms with E-state index in [2.05, 4.69) is 74.6 Å². The second-order valence-corrected chi connectivity index (χ2v) is 15.7. The molecule has 0 saturated carbocycles. The lowest BCUT2D eigenvalue weighted by atomic mass is 10.1. The van der Waals surface area contributed by atoms with Crippen molar-refractivity contribution in [3.8, 4) is 0 Å². The summed E-state index contributed by atoms with van der Waals surface area (Å²) in [7, 11) is -4.39. The van der Waals surface area contributed by atoms with E-state index in [-0.39, 0.29) is 32.6 Å². The van der Waals surface area contributed by atoms with E-state index in [1.54, 1.807) is 0 Å². The zero-order valence-corrected chi connectivity index (χ0v) is 35.8. The van der Waals surface area contributed by atoms with Crippen molar-refractivity contribution in [3.05, 3.63) is 60.8 Å². The number of esters is 2. The van der Waals surface area contributed by atoms with Crippen LogP contribution in [0.2, 0.25) is 0 Å². The molecule has 9 nitrogen and oxygen atoms in total. The van der Waals surface area contributed by atoms with E-state index in [1.165, 1.54) is 77.0 Å². The van der Waals surface area contributed by atoms with E-state index in [9.17, 15) is 19.0 Å². The molecule has 2 atom stereocenters. The first kappa shape index (κ1) is 52.7. The number of phosphoric ester groups is 1. The molecule has 0 aliphatic heterocycles. The molecule has 0 aliphatic rings. The Kier molecular flexibility index (Phi) is 39.6. The average molecular weight is 794 g/mol. The van der Waals surface area contributed by atoms with Crippen molar-refractivity contribution in [3.63, 3.8) is 0 Å². The zero-order chi connectivity index (χ0) is 40.3. The Balaban J connectivity index is 4.21. The third-order valence-electron chi connectivity index (χ3n) is 8.88. The highest BCUT2D eigenvalue weighted by Gasteiger charge is 2.26. The van der Waals surface area contributed by atoms with Crippen LogP contribution in [0.15, 0.2) is 60.8 Å². The molecular formula is C45H80NO8P. The van der Waals surface area contributed by atoms with Crippen LogP contribution >= 0.6 is 7.82 Å². The molecule has 0 rings (SSSR count). The lowest BCUT2D eigenvalue weighted by Crippen LogP contribution is -2.29. The fourth-order valence-electron chi connectivity index (χ4n) is 5.61. The van der Waals surface area contributed by atoms with Gasteiger partial charge in [-0.25, -0.2) is 4.57 Å². The molecule has 0 aromatic heterocycles. The van der Waals surface area contributed by atoms with Crippen LogP contribution in [0.3, 0.4) is 0 Å². The van der Waals surface area contributed by atoms with Gasteiger partial charge in [0.15, 0.2) is 6.10 Å². The zero-order valence-electron chi connectivity index (χ0n) is 34.9. The Bertz CT molecular complexity index is 1090. The summed E-state index contributed by atoms with van der Waals surface area (Å²) in [5.41, 5.74) is 5.34. The standard InChI is InChI=1S/C45H80NO8P/c1-3-5-7-9-11-13-15-17-19-20-21-22-24-26-28-30-32-34-36-38-45(48)54-43(42-53-55(49,50)52-40-39-46)41-51-44(47)37-35-33-31-29-27-25-23-18-16-14-12-10-8-6-4-2/h11-14,17-19,23,27,29,43H,3-10,15-16,20-22,24-26,28,30-42,46H2,1-2H3,(H,49,50)/b13-11+,14-12+,19-17+,23-18+,29-27+/t43-/m1/s1. The van der Waals surface area contributed by atoms with Crippen LogP contribution in [-0.4, -0.2) is 49.3 Å². The van der Waals surface area contributed by atoms with Crippen molar-refractivity contribution in [2.24, 2.45) is 5.73 Å². The van der Waals surface area contributed by atoms with Gasteiger partial charge in [0.25, 0.3) is 0 Å². The first-order valence-electron chi connectivity index (χ1n) is 21.8. The third kappa shape index (κ3) is 41.2. The number of phosphoric acid groups is 1. The number of allylic oxidation sites excluding steroid dienone is 10. The summed E-state index contributed by atoms with van der Waals surface area (Å²) in [4.78, 5) is 34.9. The summed E-state index contributed by atoms with van der Waals surface area (Å²) < 4.78 is 32.7. The van der Waals surface area contributed by atoms with Gasteiger partial charge in [-0.3, -0.25) is 18.6 Å². The minimum Gasteiger partial charge on any atom is -0.462 e. The van der Waals surface area contributed by atoms with Gasteiger partial charge in [0.1, 0.15) is 6.61 Å². The molecule has 0 saturated heterocycles. The highest BCUT2D eigenvalue weighted by atomic mass is 31.2. The molecule has 10 heteroatoms. The number of carbonyl (C=O) groups is 2. The SMILES string of the molecule is CCCCC/C=C/C/C=C/C/C=C/CCCCC(=O)OC[C@H](COP(=O)(O)OCCN)OC(=O)CCCCCCCCCCC/C=C/C/C=C/CCCCC. The maximum Gasteiger partial charge on any atom is 0.472 e. The van der Waals surface area contributed by atoms with Crippen molar-refractivity contribution in [1.82, 2.24) is 0 Å². The van der Waals surface area contributed by atoms with Crippen LogP contribution in [-0.2, 0) is 32.7 Å². The number of hydrogen-bond acceptors (Lipinski definition) is 8. The molecule has 0 spiro atoms. The van der Waals surface area contributed by atoms with Gasteiger partial charge in [-0.15, -0.1) is 0 Å².